The monoisotopic (exact) mass is 638 g/mol. The maximum absolute atomic E-state index is 15.2. The third-order valence-electron chi connectivity index (χ3n) is 8.95. The average Bonchev–Trinajstić information content (AvgIpc) is 3.36. The number of likely N-dealkylation sites (tertiary alicyclic amines) is 2. The summed E-state index contributed by atoms with van der Waals surface area (Å²) in [6.07, 6.45) is 3.36. The van der Waals surface area contributed by atoms with E-state index in [1.54, 1.807) is 42.5 Å². The number of amides is 1. The lowest BCUT2D eigenvalue weighted by atomic mass is 9.83. The van der Waals surface area contributed by atoms with Gasteiger partial charge >= 0.3 is 0 Å². The number of aliphatic imine (C=N–C) groups is 1. The van der Waals surface area contributed by atoms with Crippen LogP contribution in [0.5, 0.6) is 0 Å². The van der Waals surface area contributed by atoms with E-state index in [1.165, 1.54) is 30.5 Å². The number of piperidine rings is 1. The molecule has 3 aromatic rings. The summed E-state index contributed by atoms with van der Waals surface area (Å²) in [6, 6.07) is 20.8. The van der Waals surface area contributed by atoms with Gasteiger partial charge < -0.3 is 10.3 Å². The third-order valence-corrected chi connectivity index (χ3v) is 10.1. The highest BCUT2D eigenvalue weighted by Gasteiger charge is 2.51. The molecule has 0 bridgehead atoms. The van der Waals surface area contributed by atoms with Crippen molar-refractivity contribution in [3.63, 3.8) is 0 Å². The first-order chi connectivity index (χ1) is 21.4. The van der Waals surface area contributed by atoms with Crippen LogP contribution in [-0.4, -0.2) is 74.4 Å². The van der Waals surface area contributed by atoms with Gasteiger partial charge in [-0.05, 0) is 80.4 Å². The molecular weight excluding hydrogens is 601 g/mol. The summed E-state index contributed by atoms with van der Waals surface area (Å²) in [6.45, 7) is 2.41. The zero-order valence-electron chi connectivity index (χ0n) is 25.2. The molecule has 45 heavy (non-hydrogen) atoms. The summed E-state index contributed by atoms with van der Waals surface area (Å²) in [5, 5.41) is 8.24. The van der Waals surface area contributed by atoms with Crippen LogP contribution in [0.15, 0.2) is 88.8 Å². The van der Waals surface area contributed by atoms with E-state index in [0.717, 1.165) is 16.7 Å². The van der Waals surface area contributed by atoms with Crippen molar-refractivity contribution in [3.05, 3.63) is 95.8 Å². The Balaban J connectivity index is 1.36. The summed E-state index contributed by atoms with van der Waals surface area (Å²) in [5.74, 6) is -6.66. The molecule has 3 atom stereocenters. The van der Waals surface area contributed by atoms with Gasteiger partial charge in [0.15, 0.2) is 9.84 Å². The quantitative estimate of drug-likeness (QED) is 0.279. The van der Waals surface area contributed by atoms with Crippen LogP contribution in [0, 0.1) is 23.1 Å². The fourth-order valence-electron chi connectivity index (χ4n) is 6.33. The second-order valence-corrected chi connectivity index (χ2v) is 13.9. The highest BCUT2D eigenvalue weighted by molar-refractivity contribution is 7.90. The lowest BCUT2D eigenvalue weighted by molar-refractivity contribution is -0.132. The maximum Gasteiger partial charge on any atom is 0.273 e. The van der Waals surface area contributed by atoms with E-state index in [0.29, 0.717) is 42.9 Å². The molecule has 11 heteroatoms. The van der Waals surface area contributed by atoms with E-state index in [-0.39, 0.29) is 23.4 Å². The molecule has 0 radical (unpaired) electrons. The van der Waals surface area contributed by atoms with E-state index in [9.17, 15) is 17.6 Å². The second-order valence-electron chi connectivity index (χ2n) is 11.9. The first-order valence-corrected chi connectivity index (χ1v) is 16.9. The van der Waals surface area contributed by atoms with Crippen molar-refractivity contribution in [2.75, 3.05) is 32.4 Å². The summed E-state index contributed by atoms with van der Waals surface area (Å²) in [4.78, 5) is 22.3. The SMILES string of the molecule is CC(c1ccc(S(C)(=O)=O)cc1)N1CCC(C(=Nc2ccc(F)cc2)C(C=N)C(=O)N2CC(c3ccccc3)C(F)(F)C2)CC1. The zero-order chi connectivity index (χ0) is 32.4. The van der Waals surface area contributed by atoms with E-state index >= 15 is 8.78 Å². The second kappa shape index (κ2) is 13.3. The molecule has 0 saturated carbocycles. The fraction of sp³-hybridized carbons (Fsp3) is 0.382. The van der Waals surface area contributed by atoms with E-state index < -0.39 is 45.9 Å². The van der Waals surface area contributed by atoms with Gasteiger partial charge in [-0.2, -0.15) is 0 Å². The number of benzene rings is 3. The van der Waals surface area contributed by atoms with Crippen molar-refractivity contribution < 1.29 is 26.4 Å². The lowest BCUT2D eigenvalue weighted by Gasteiger charge is -2.37. The van der Waals surface area contributed by atoms with Crippen LogP contribution in [-0.2, 0) is 14.6 Å². The van der Waals surface area contributed by atoms with Crippen LogP contribution < -0.4 is 0 Å². The van der Waals surface area contributed by atoms with Gasteiger partial charge in [0.2, 0.25) is 5.91 Å². The Labute approximate surface area is 262 Å². The predicted molar refractivity (Wildman–Crippen MR) is 169 cm³/mol. The molecule has 1 N–H and O–H groups in total. The van der Waals surface area contributed by atoms with Gasteiger partial charge in [-0.15, -0.1) is 0 Å². The maximum atomic E-state index is 15.2. The number of carbonyl (C=O) groups is 1. The Kier molecular flexibility index (Phi) is 9.60. The Bertz CT molecular complexity index is 1640. The molecule has 5 rings (SSSR count). The van der Waals surface area contributed by atoms with Gasteiger partial charge in [-0.3, -0.25) is 14.7 Å². The van der Waals surface area contributed by atoms with Gasteiger partial charge in [-0.1, -0.05) is 42.5 Å². The minimum atomic E-state index is -3.30. The molecule has 238 valence electrons. The molecule has 3 unspecified atom stereocenters. The molecule has 0 aromatic heterocycles. The number of nitrogens with one attached hydrogen (secondary N) is 1. The van der Waals surface area contributed by atoms with Gasteiger partial charge in [0.05, 0.1) is 23.0 Å². The van der Waals surface area contributed by atoms with Gasteiger partial charge in [-0.25, -0.2) is 21.6 Å². The normalized spacial score (nSPS) is 21.0. The van der Waals surface area contributed by atoms with Crippen molar-refractivity contribution >= 4 is 33.4 Å². The van der Waals surface area contributed by atoms with Crippen LogP contribution in [0.2, 0.25) is 0 Å². The number of carbonyl (C=O) groups excluding carboxylic acids is 1. The number of nitrogens with zero attached hydrogens (tertiary/aromatic N) is 3. The smallest absolute Gasteiger partial charge is 0.273 e. The van der Waals surface area contributed by atoms with Crippen LogP contribution >= 0.6 is 0 Å². The molecular formula is C34H37F3N4O3S. The summed E-state index contributed by atoms with van der Waals surface area (Å²) in [7, 11) is -3.30. The number of rotatable bonds is 9. The zero-order valence-corrected chi connectivity index (χ0v) is 26.1. The largest absolute Gasteiger partial charge is 0.335 e. The molecule has 0 spiro atoms. The molecule has 2 fully saturated rings. The highest BCUT2D eigenvalue weighted by atomic mass is 32.2. The number of hydrogen-bond donors (Lipinski definition) is 1. The Morgan fingerprint density at radius 3 is 2.20 bits per heavy atom. The standard InChI is InChI=1S/C34H37F3N4O3S/c1-23(24-8-14-29(15-9-24)45(2,43)44)40-18-16-26(17-19-40)32(39-28-12-10-27(35)11-13-28)30(20-38)33(42)41-21-31(34(36,37)22-41)25-6-4-3-5-7-25/h3-15,20,23,26,30-31,38H,16-19,21-22H2,1-2H3. The van der Waals surface area contributed by atoms with Crippen molar-refractivity contribution in [1.82, 2.24) is 9.80 Å². The fourth-order valence-corrected chi connectivity index (χ4v) is 6.96. The topological polar surface area (TPSA) is 93.9 Å². The first-order valence-electron chi connectivity index (χ1n) is 15.0. The molecule has 3 aromatic carbocycles. The van der Waals surface area contributed by atoms with Gasteiger partial charge in [0.25, 0.3) is 5.92 Å². The number of alkyl halides is 2. The molecule has 7 nitrogen and oxygen atoms in total. The first kappa shape index (κ1) is 32.6. The van der Waals surface area contributed by atoms with Gasteiger partial charge in [0.1, 0.15) is 11.7 Å². The molecule has 0 aliphatic carbocycles. The lowest BCUT2D eigenvalue weighted by Crippen LogP contribution is -2.45. The van der Waals surface area contributed by atoms with E-state index in [1.807, 2.05) is 19.1 Å². The third kappa shape index (κ3) is 7.36. The van der Waals surface area contributed by atoms with Crippen LogP contribution in [0.3, 0.4) is 0 Å². The van der Waals surface area contributed by atoms with E-state index in [2.05, 4.69) is 4.90 Å². The molecule has 2 saturated heterocycles. The Morgan fingerprint density at radius 1 is 1.00 bits per heavy atom. The number of sulfone groups is 1. The molecule has 2 aliphatic heterocycles. The molecule has 1 amide bonds. The minimum Gasteiger partial charge on any atom is -0.335 e. The van der Waals surface area contributed by atoms with Crippen LogP contribution in [0.25, 0.3) is 0 Å². The Hall–Kier alpha value is -3.83. The van der Waals surface area contributed by atoms with Gasteiger partial charge in [0, 0.05) is 36.7 Å². The Morgan fingerprint density at radius 2 is 1.62 bits per heavy atom. The number of halogens is 3. The number of hydrogen-bond acceptors (Lipinski definition) is 6. The minimum absolute atomic E-state index is 0.000958. The summed E-state index contributed by atoms with van der Waals surface area (Å²) in [5.41, 5.74) is 2.26. The molecule has 2 aliphatic rings. The average molecular weight is 639 g/mol. The van der Waals surface area contributed by atoms with Crippen molar-refractivity contribution in [1.29, 1.82) is 5.41 Å². The van der Waals surface area contributed by atoms with Crippen molar-refractivity contribution in [2.45, 2.75) is 42.5 Å². The highest BCUT2D eigenvalue weighted by Crippen LogP contribution is 2.41. The van der Waals surface area contributed by atoms with E-state index in [4.69, 9.17) is 10.4 Å². The van der Waals surface area contributed by atoms with Crippen molar-refractivity contribution in [3.8, 4) is 0 Å². The molecule has 2 heterocycles. The van der Waals surface area contributed by atoms with Crippen molar-refractivity contribution in [2.24, 2.45) is 16.8 Å². The summed E-state index contributed by atoms with van der Waals surface area (Å²) >= 11 is 0. The van der Waals surface area contributed by atoms with Crippen LogP contribution in [0.1, 0.15) is 42.9 Å². The summed E-state index contributed by atoms with van der Waals surface area (Å²) < 4.78 is 67.8. The van der Waals surface area contributed by atoms with Crippen LogP contribution in [0.4, 0.5) is 18.9 Å². The predicted octanol–water partition coefficient (Wildman–Crippen LogP) is 6.30.